The number of phenols is 1. The van der Waals surface area contributed by atoms with Crippen molar-refractivity contribution < 1.29 is 5.11 Å². The van der Waals surface area contributed by atoms with E-state index in [1.165, 1.54) is 6.07 Å². The third-order valence-corrected chi connectivity index (χ3v) is 4.37. The minimum absolute atomic E-state index is 0.0299. The van der Waals surface area contributed by atoms with Gasteiger partial charge in [0.1, 0.15) is 10.8 Å². The van der Waals surface area contributed by atoms with Crippen molar-refractivity contribution in [3.05, 3.63) is 62.6 Å². The second-order valence-electron chi connectivity index (χ2n) is 3.70. The van der Waals surface area contributed by atoms with Crippen LogP contribution in [-0.2, 0) is 0 Å². The van der Waals surface area contributed by atoms with Gasteiger partial charge in [-0.1, -0.05) is 65.1 Å². The van der Waals surface area contributed by atoms with Crippen molar-refractivity contribution >= 4 is 46.4 Å². The smallest absolute Gasteiger partial charge is 0.136 e. The number of phenolic OH excluding ortho intramolecular Hbond substituents is 1. The molecule has 0 bridgehead atoms. The first-order valence-electron chi connectivity index (χ1n) is 5.07. The van der Waals surface area contributed by atoms with E-state index in [0.29, 0.717) is 5.56 Å². The van der Waals surface area contributed by atoms with Crippen molar-refractivity contribution in [1.29, 1.82) is 0 Å². The topological polar surface area (TPSA) is 20.2 Å². The summed E-state index contributed by atoms with van der Waals surface area (Å²) in [5.41, 5.74) is 1.38. The van der Waals surface area contributed by atoms with Crippen molar-refractivity contribution in [2.24, 2.45) is 0 Å². The van der Waals surface area contributed by atoms with Gasteiger partial charge in [0.25, 0.3) is 0 Å². The van der Waals surface area contributed by atoms with Gasteiger partial charge in [0.05, 0.1) is 15.4 Å². The van der Waals surface area contributed by atoms with Crippen LogP contribution in [0.15, 0.2) is 36.4 Å². The maximum Gasteiger partial charge on any atom is 0.136 e. The summed E-state index contributed by atoms with van der Waals surface area (Å²) in [6, 6.07) is 10.8. The molecule has 1 N–H and O–H groups in total. The van der Waals surface area contributed by atoms with Gasteiger partial charge in [-0.25, -0.2) is 0 Å². The summed E-state index contributed by atoms with van der Waals surface area (Å²) in [6.07, 6.45) is 0. The number of rotatable bonds is 2. The lowest BCUT2D eigenvalue weighted by Gasteiger charge is -2.14. The Kier molecular flexibility index (Phi) is 4.29. The molecular weight excluding hydrogens is 314 g/mol. The molecular formula is C13H8Cl4O. The summed E-state index contributed by atoms with van der Waals surface area (Å²) < 4.78 is 0. The highest BCUT2D eigenvalue weighted by atomic mass is 35.5. The van der Waals surface area contributed by atoms with Gasteiger partial charge in [0.15, 0.2) is 0 Å². The quantitative estimate of drug-likeness (QED) is 0.557. The van der Waals surface area contributed by atoms with Gasteiger partial charge in [-0.2, -0.15) is 0 Å². The van der Waals surface area contributed by atoms with Crippen LogP contribution in [0.25, 0.3) is 0 Å². The van der Waals surface area contributed by atoms with Crippen molar-refractivity contribution in [2.75, 3.05) is 0 Å². The van der Waals surface area contributed by atoms with Gasteiger partial charge >= 0.3 is 0 Å². The lowest BCUT2D eigenvalue weighted by Crippen LogP contribution is -1.95. The largest absolute Gasteiger partial charge is 0.506 e. The number of benzene rings is 2. The highest BCUT2D eigenvalue weighted by Crippen LogP contribution is 2.44. The fraction of sp³-hybridized carbons (Fsp3) is 0.0769. The fourth-order valence-corrected chi connectivity index (χ4v) is 2.63. The Labute approximate surface area is 125 Å². The van der Waals surface area contributed by atoms with E-state index in [4.69, 9.17) is 46.4 Å². The van der Waals surface area contributed by atoms with Crippen LogP contribution in [0.4, 0.5) is 0 Å². The van der Waals surface area contributed by atoms with E-state index < -0.39 is 5.38 Å². The standard InChI is InChI=1S/C13H8Cl4O/c14-10(7-4-2-1-3-5-7)8-6-9(18)12(16)13(17)11(8)15/h1-6,10,18H. The first-order chi connectivity index (χ1) is 8.52. The Hall–Kier alpha value is -0.600. The maximum atomic E-state index is 9.67. The molecule has 0 aliphatic carbocycles. The predicted molar refractivity (Wildman–Crippen MR) is 77.3 cm³/mol. The molecule has 2 aromatic rings. The highest BCUT2D eigenvalue weighted by molar-refractivity contribution is 6.49. The summed E-state index contributed by atoms with van der Waals surface area (Å²) in [4.78, 5) is 0. The zero-order valence-corrected chi connectivity index (χ0v) is 12.0. The lowest BCUT2D eigenvalue weighted by atomic mass is 10.0. The van der Waals surface area contributed by atoms with Crippen LogP contribution in [0.5, 0.6) is 5.75 Å². The van der Waals surface area contributed by atoms with Crippen molar-refractivity contribution in [2.45, 2.75) is 5.38 Å². The molecule has 0 aromatic heterocycles. The zero-order valence-electron chi connectivity index (χ0n) is 9.00. The van der Waals surface area contributed by atoms with Gasteiger partial charge in [0, 0.05) is 0 Å². The normalized spacial score (nSPS) is 12.4. The number of hydrogen-bond acceptors (Lipinski definition) is 1. The van der Waals surface area contributed by atoms with Gasteiger partial charge in [-0.3, -0.25) is 0 Å². The van der Waals surface area contributed by atoms with E-state index in [1.54, 1.807) is 0 Å². The van der Waals surface area contributed by atoms with E-state index in [1.807, 2.05) is 30.3 Å². The second-order valence-corrected chi connectivity index (χ2v) is 5.27. The third-order valence-electron chi connectivity index (χ3n) is 2.52. The Balaban J connectivity index is 2.52. The molecule has 0 spiro atoms. The van der Waals surface area contributed by atoms with E-state index in [2.05, 4.69) is 0 Å². The average molecular weight is 322 g/mol. The van der Waals surface area contributed by atoms with Crippen LogP contribution < -0.4 is 0 Å². The number of alkyl halides is 1. The minimum Gasteiger partial charge on any atom is -0.506 e. The van der Waals surface area contributed by atoms with Crippen molar-refractivity contribution in [3.63, 3.8) is 0 Å². The summed E-state index contributed by atoms with van der Waals surface area (Å²) in [5.74, 6) is -0.136. The molecule has 0 radical (unpaired) electrons. The summed E-state index contributed by atoms with van der Waals surface area (Å²) in [5, 5.41) is 9.56. The molecule has 0 saturated heterocycles. The molecule has 1 atom stereocenters. The van der Waals surface area contributed by atoms with Crippen LogP contribution >= 0.6 is 46.4 Å². The molecule has 1 nitrogen and oxygen atoms in total. The van der Waals surface area contributed by atoms with Crippen LogP contribution in [0.1, 0.15) is 16.5 Å². The predicted octanol–water partition coefficient (Wildman–Crippen LogP) is 5.68. The van der Waals surface area contributed by atoms with Gasteiger partial charge in [-0.05, 0) is 17.2 Å². The number of halogens is 4. The SMILES string of the molecule is Oc1cc(C(Cl)c2ccccc2)c(Cl)c(Cl)c1Cl. The lowest BCUT2D eigenvalue weighted by molar-refractivity contribution is 0.475. The molecule has 0 heterocycles. The summed E-state index contributed by atoms with van der Waals surface area (Å²) in [7, 11) is 0. The summed E-state index contributed by atoms with van der Waals surface area (Å²) >= 11 is 24.2. The highest BCUT2D eigenvalue weighted by Gasteiger charge is 2.20. The average Bonchev–Trinajstić information content (AvgIpc) is 2.41. The molecule has 2 aromatic carbocycles. The van der Waals surface area contributed by atoms with E-state index >= 15 is 0 Å². The Morgan fingerprint density at radius 3 is 2.11 bits per heavy atom. The molecule has 1 unspecified atom stereocenters. The third kappa shape index (κ3) is 2.55. The molecule has 0 fully saturated rings. The zero-order chi connectivity index (χ0) is 13.3. The minimum atomic E-state index is -0.501. The Bertz CT molecular complexity index is 569. The summed E-state index contributed by atoms with van der Waals surface area (Å²) in [6.45, 7) is 0. The molecule has 0 aliphatic heterocycles. The molecule has 18 heavy (non-hydrogen) atoms. The van der Waals surface area contributed by atoms with E-state index in [0.717, 1.165) is 5.56 Å². The number of hydrogen-bond donors (Lipinski definition) is 1. The van der Waals surface area contributed by atoms with E-state index in [-0.39, 0.29) is 20.8 Å². The van der Waals surface area contributed by atoms with E-state index in [9.17, 15) is 5.11 Å². The molecule has 0 saturated carbocycles. The van der Waals surface area contributed by atoms with Crippen LogP contribution in [0.3, 0.4) is 0 Å². The van der Waals surface area contributed by atoms with Gasteiger partial charge < -0.3 is 5.11 Å². The van der Waals surface area contributed by atoms with Gasteiger partial charge in [-0.15, -0.1) is 11.6 Å². The molecule has 0 aliphatic rings. The second kappa shape index (κ2) is 5.58. The molecule has 0 amide bonds. The maximum absolute atomic E-state index is 9.67. The van der Waals surface area contributed by atoms with Crippen LogP contribution in [-0.4, -0.2) is 5.11 Å². The number of aromatic hydroxyl groups is 1. The van der Waals surface area contributed by atoms with Crippen molar-refractivity contribution in [3.8, 4) is 5.75 Å². The van der Waals surface area contributed by atoms with Crippen LogP contribution in [0, 0.1) is 0 Å². The molecule has 94 valence electrons. The monoisotopic (exact) mass is 320 g/mol. The first kappa shape index (κ1) is 13.8. The Morgan fingerprint density at radius 2 is 1.50 bits per heavy atom. The molecule has 5 heteroatoms. The van der Waals surface area contributed by atoms with Crippen molar-refractivity contribution in [1.82, 2.24) is 0 Å². The fourth-order valence-electron chi connectivity index (χ4n) is 1.60. The first-order valence-corrected chi connectivity index (χ1v) is 6.64. The Morgan fingerprint density at radius 1 is 0.889 bits per heavy atom. The molecule has 2 rings (SSSR count). The van der Waals surface area contributed by atoms with Crippen LogP contribution in [0.2, 0.25) is 15.1 Å². The van der Waals surface area contributed by atoms with Gasteiger partial charge in [0.2, 0.25) is 0 Å².